The van der Waals surface area contributed by atoms with Crippen LogP contribution in [0.3, 0.4) is 0 Å². The second-order valence-electron chi connectivity index (χ2n) is 7.71. The van der Waals surface area contributed by atoms with Crippen LogP contribution in [0.5, 0.6) is 11.5 Å². The number of carboxylic acid groups (broad SMARTS) is 1. The number of ether oxygens (including phenoxy) is 2. The molecule has 0 aliphatic heterocycles. The van der Waals surface area contributed by atoms with E-state index in [9.17, 15) is 18.0 Å². The molecule has 4 aromatic rings. The van der Waals surface area contributed by atoms with E-state index < -0.39 is 17.8 Å². The van der Waals surface area contributed by atoms with Gasteiger partial charge in [0.25, 0.3) is 0 Å². The number of nitrogens with one attached hydrogen (secondary N) is 2. The van der Waals surface area contributed by atoms with Crippen molar-refractivity contribution in [2.75, 3.05) is 25.1 Å². The van der Waals surface area contributed by atoms with Gasteiger partial charge in [0, 0.05) is 25.0 Å². The predicted octanol–water partition coefficient (Wildman–Crippen LogP) is 6.35. The van der Waals surface area contributed by atoms with Gasteiger partial charge in [-0.05, 0) is 42.5 Å². The number of amides is 1. The fourth-order valence-electron chi connectivity index (χ4n) is 3.47. The van der Waals surface area contributed by atoms with Crippen LogP contribution in [0.1, 0.15) is 5.56 Å². The normalized spacial score (nSPS) is 11.2. The van der Waals surface area contributed by atoms with E-state index in [2.05, 4.69) is 20.6 Å². The number of rotatable bonds is 10. The van der Waals surface area contributed by atoms with E-state index in [4.69, 9.17) is 26.2 Å². The van der Waals surface area contributed by atoms with Crippen molar-refractivity contribution in [1.29, 1.82) is 0 Å². The first kappa shape index (κ1) is 28.8. The van der Waals surface area contributed by atoms with Crippen LogP contribution in [0, 0.1) is 0 Å². The number of benzene rings is 2. The number of nitrogens with zero attached hydrogens (tertiary/aromatic N) is 3. The third-order valence-corrected chi connectivity index (χ3v) is 5.43. The van der Waals surface area contributed by atoms with Gasteiger partial charge in [-0.1, -0.05) is 17.7 Å². The van der Waals surface area contributed by atoms with Gasteiger partial charge in [-0.2, -0.15) is 13.2 Å². The summed E-state index contributed by atoms with van der Waals surface area (Å²) in [5.41, 5.74) is 1.17. The fraction of sp³-hybridized carbons (Fsp3) is 0.208. The molecule has 38 heavy (non-hydrogen) atoms. The predicted molar refractivity (Wildman–Crippen MR) is 138 cm³/mol. The molecule has 0 bridgehead atoms. The minimum atomic E-state index is -4.48. The first-order chi connectivity index (χ1) is 17.7. The molecule has 0 spiro atoms. The Kier molecular flexibility index (Phi) is 9.61. The van der Waals surface area contributed by atoms with E-state index in [0.717, 1.165) is 17.6 Å². The van der Waals surface area contributed by atoms with Gasteiger partial charge in [-0.15, -0.1) is 12.4 Å². The number of fused-ring (bicyclic) bond motifs is 1. The quantitative estimate of drug-likeness (QED) is 0.190. The highest BCUT2D eigenvalue weighted by Gasteiger charge is 2.30. The minimum Gasteiger partial charge on any atom is -0.465 e. The summed E-state index contributed by atoms with van der Waals surface area (Å²) < 4.78 is 51.9. The smallest absolute Gasteiger partial charge is 0.416 e. The molecule has 0 saturated heterocycles. The van der Waals surface area contributed by atoms with Crippen molar-refractivity contribution < 1.29 is 32.5 Å². The summed E-state index contributed by atoms with van der Waals surface area (Å²) in [5, 5.41) is 14.2. The van der Waals surface area contributed by atoms with E-state index in [1.165, 1.54) is 18.5 Å². The van der Waals surface area contributed by atoms with Crippen molar-refractivity contribution in [2.45, 2.75) is 12.7 Å². The number of aromatic nitrogens is 3. The molecular formula is C24H22Cl2F3N5O4. The summed E-state index contributed by atoms with van der Waals surface area (Å²) in [5.74, 6) is 0.705. The van der Waals surface area contributed by atoms with Crippen molar-refractivity contribution in [2.24, 2.45) is 0 Å². The average Bonchev–Trinajstić information content (AvgIpc) is 3.26. The molecule has 4 rings (SSSR count). The molecule has 2 heterocycles. The number of carbonyl (C=O) groups is 1. The van der Waals surface area contributed by atoms with Crippen LogP contribution in [-0.2, 0) is 17.5 Å². The number of alkyl halides is 3. The number of anilines is 2. The van der Waals surface area contributed by atoms with Crippen LogP contribution in [0.25, 0.3) is 11.0 Å². The molecule has 0 radical (unpaired) electrons. The lowest BCUT2D eigenvalue weighted by Crippen LogP contribution is -2.25. The van der Waals surface area contributed by atoms with Crippen molar-refractivity contribution >= 4 is 52.6 Å². The van der Waals surface area contributed by atoms with E-state index in [1.807, 2.05) is 16.8 Å². The summed E-state index contributed by atoms with van der Waals surface area (Å²) in [6.45, 7) is 1.24. The molecule has 3 N–H and O–H groups in total. The lowest BCUT2D eigenvalue weighted by Gasteiger charge is -2.13. The molecular weight excluding hydrogens is 550 g/mol. The molecule has 0 unspecified atom stereocenters. The molecule has 0 aliphatic rings. The molecule has 0 atom stereocenters. The Bertz CT molecular complexity index is 1400. The van der Waals surface area contributed by atoms with Crippen LogP contribution < -0.4 is 15.4 Å². The Morgan fingerprint density at radius 2 is 1.92 bits per heavy atom. The Morgan fingerprint density at radius 1 is 1.11 bits per heavy atom. The SMILES string of the molecule is Cl.O=C(O)NCCOCCn1ccc2ncnc(Nc3ccc(Oc4cccc(C(F)(F)F)c4)c(Cl)c3)c21. The Labute approximate surface area is 226 Å². The summed E-state index contributed by atoms with van der Waals surface area (Å²) in [6.07, 6.45) is -2.34. The maximum Gasteiger partial charge on any atom is 0.416 e. The maximum absolute atomic E-state index is 13.0. The summed E-state index contributed by atoms with van der Waals surface area (Å²) >= 11 is 6.35. The lowest BCUT2D eigenvalue weighted by molar-refractivity contribution is -0.137. The van der Waals surface area contributed by atoms with Crippen molar-refractivity contribution in [3.63, 3.8) is 0 Å². The third kappa shape index (κ3) is 7.40. The Balaban J connectivity index is 0.00000400. The van der Waals surface area contributed by atoms with Crippen LogP contribution >= 0.6 is 24.0 Å². The van der Waals surface area contributed by atoms with Gasteiger partial charge in [-0.25, -0.2) is 14.8 Å². The molecule has 9 nitrogen and oxygen atoms in total. The van der Waals surface area contributed by atoms with Gasteiger partial charge >= 0.3 is 12.3 Å². The molecule has 2 aromatic heterocycles. The van der Waals surface area contributed by atoms with Crippen molar-refractivity contribution in [3.05, 3.63) is 71.6 Å². The van der Waals surface area contributed by atoms with Gasteiger partial charge in [0.1, 0.15) is 23.3 Å². The first-order valence-corrected chi connectivity index (χ1v) is 11.3. The highest BCUT2D eigenvalue weighted by molar-refractivity contribution is 6.32. The summed E-state index contributed by atoms with van der Waals surface area (Å²) in [7, 11) is 0. The van der Waals surface area contributed by atoms with E-state index >= 15 is 0 Å². The third-order valence-electron chi connectivity index (χ3n) is 5.13. The molecule has 0 fully saturated rings. The fourth-order valence-corrected chi connectivity index (χ4v) is 3.69. The largest absolute Gasteiger partial charge is 0.465 e. The highest BCUT2D eigenvalue weighted by atomic mass is 35.5. The highest BCUT2D eigenvalue weighted by Crippen LogP contribution is 2.36. The van der Waals surface area contributed by atoms with Crippen LogP contribution in [0.2, 0.25) is 5.02 Å². The topological polar surface area (TPSA) is 111 Å². The maximum atomic E-state index is 13.0. The van der Waals surface area contributed by atoms with Gasteiger partial charge in [0.15, 0.2) is 5.82 Å². The van der Waals surface area contributed by atoms with Crippen LogP contribution in [-0.4, -0.2) is 45.5 Å². The van der Waals surface area contributed by atoms with Crippen LogP contribution in [0.15, 0.2) is 61.1 Å². The van der Waals surface area contributed by atoms with E-state index in [0.29, 0.717) is 30.2 Å². The number of hydrogen-bond donors (Lipinski definition) is 3. The van der Waals surface area contributed by atoms with Gasteiger partial charge in [-0.3, -0.25) is 0 Å². The van der Waals surface area contributed by atoms with E-state index in [-0.39, 0.29) is 42.1 Å². The molecule has 1 amide bonds. The van der Waals surface area contributed by atoms with Crippen molar-refractivity contribution in [3.8, 4) is 11.5 Å². The Hall–Kier alpha value is -3.74. The molecule has 0 aliphatic carbocycles. The van der Waals surface area contributed by atoms with Gasteiger partial charge in [0.2, 0.25) is 0 Å². The first-order valence-electron chi connectivity index (χ1n) is 11.0. The zero-order valence-corrected chi connectivity index (χ0v) is 21.1. The van der Waals surface area contributed by atoms with Crippen molar-refractivity contribution in [1.82, 2.24) is 19.9 Å². The Morgan fingerprint density at radius 3 is 2.66 bits per heavy atom. The second-order valence-corrected chi connectivity index (χ2v) is 8.11. The zero-order chi connectivity index (χ0) is 26.4. The summed E-state index contributed by atoms with van der Waals surface area (Å²) in [6, 6.07) is 11.1. The molecule has 202 valence electrons. The average molecular weight is 572 g/mol. The number of halogens is 5. The van der Waals surface area contributed by atoms with E-state index in [1.54, 1.807) is 18.2 Å². The minimum absolute atomic E-state index is 0. The second kappa shape index (κ2) is 12.7. The monoisotopic (exact) mass is 571 g/mol. The van der Waals surface area contributed by atoms with Gasteiger partial charge in [0.05, 0.1) is 29.3 Å². The lowest BCUT2D eigenvalue weighted by atomic mass is 10.2. The zero-order valence-electron chi connectivity index (χ0n) is 19.5. The van der Waals surface area contributed by atoms with Crippen LogP contribution in [0.4, 0.5) is 29.5 Å². The summed E-state index contributed by atoms with van der Waals surface area (Å²) in [4.78, 5) is 19.1. The molecule has 2 aromatic carbocycles. The molecule has 0 saturated carbocycles. The number of hydrogen-bond acceptors (Lipinski definition) is 6. The van der Waals surface area contributed by atoms with Gasteiger partial charge < -0.3 is 29.8 Å². The standard InChI is InChI=1S/C24H21ClF3N5O4.ClH/c25-18-13-16(4-5-20(18)37-17-3-1-2-15(12-17)24(26,27)28)32-22-21-19(30-14-31-22)6-8-33(21)9-11-36-10-7-29-23(34)35;/h1-6,8,12-14,29H,7,9-11H2,(H,34,35)(H,30,31,32);1H. The molecule has 14 heteroatoms.